The van der Waals surface area contributed by atoms with Crippen LogP contribution >= 0.6 is 0 Å². The number of aromatic nitrogens is 1. The Morgan fingerprint density at radius 2 is 2.11 bits per heavy atom. The third-order valence-corrected chi connectivity index (χ3v) is 2.38. The van der Waals surface area contributed by atoms with Crippen LogP contribution in [0.25, 0.3) is 0 Å². The van der Waals surface area contributed by atoms with Crippen LogP contribution < -0.4 is 10.6 Å². The first-order chi connectivity index (χ1) is 8.34. The Morgan fingerprint density at radius 1 is 1.44 bits per heavy atom. The van der Waals surface area contributed by atoms with Gasteiger partial charge in [0.05, 0.1) is 5.56 Å². The normalized spacial score (nSPS) is 13.2. The number of carbonyl (C=O) groups excluding carboxylic acids is 1. The van der Waals surface area contributed by atoms with Gasteiger partial charge in [-0.3, -0.25) is 9.78 Å². The molecule has 0 fully saturated rings. The fraction of sp³-hybridized carbons (Fsp3) is 0.455. The van der Waals surface area contributed by atoms with Gasteiger partial charge in [-0.1, -0.05) is 0 Å². The number of likely N-dealkylation sites (N-methyl/N-ethyl adjacent to an activating group) is 1. The van der Waals surface area contributed by atoms with E-state index in [1.54, 1.807) is 7.05 Å². The first-order valence-electron chi connectivity index (χ1n) is 5.33. The molecule has 0 saturated heterocycles. The van der Waals surface area contributed by atoms with Crippen LogP contribution in [0.15, 0.2) is 18.3 Å². The predicted molar refractivity (Wildman–Crippen MR) is 60.1 cm³/mol. The lowest BCUT2D eigenvalue weighted by Gasteiger charge is -2.11. The van der Waals surface area contributed by atoms with E-state index in [2.05, 4.69) is 15.6 Å². The van der Waals surface area contributed by atoms with E-state index in [9.17, 15) is 18.0 Å². The van der Waals surface area contributed by atoms with Crippen LogP contribution in [0.5, 0.6) is 0 Å². The smallest absolute Gasteiger partial charge is 0.350 e. The SMILES string of the molecule is CNC(C)CNC(=O)c1ccc(C(F)(F)F)nc1. The summed E-state index contributed by atoms with van der Waals surface area (Å²) in [5.41, 5.74) is -0.908. The highest BCUT2D eigenvalue weighted by Crippen LogP contribution is 2.27. The predicted octanol–water partition coefficient (Wildman–Crippen LogP) is 1.44. The molecule has 1 heterocycles. The molecule has 1 unspecified atom stereocenters. The van der Waals surface area contributed by atoms with E-state index in [0.717, 1.165) is 18.3 Å². The highest BCUT2D eigenvalue weighted by Gasteiger charge is 2.32. The van der Waals surface area contributed by atoms with Crippen LogP contribution in [0.2, 0.25) is 0 Å². The number of halogens is 3. The van der Waals surface area contributed by atoms with Crippen molar-refractivity contribution in [2.24, 2.45) is 0 Å². The molecule has 4 nitrogen and oxygen atoms in total. The van der Waals surface area contributed by atoms with Crippen molar-refractivity contribution in [3.05, 3.63) is 29.6 Å². The number of hydrogen-bond acceptors (Lipinski definition) is 3. The molecule has 0 radical (unpaired) electrons. The summed E-state index contributed by atoms with van der Waals surface area (Å²) in [5, 5.41) is 5.51. The summed E-state index contributed by atoms with van der Waals surface area (Å²) in [6.45, 7) is 2.25. The Kier molecular flexibility index (Phi) is 4.66. The van der Waals surface area contributed by atoms with Crippen LogP contribution in [0, 0.1) is 0 Å². The molecule has 0 aliphatic rings. The van der Waals surface area contributed by atoms with E-state index in [0.29, 0.717) is 6.54 Å². The summed E-state index contributed by atoms with van der Waals surface area (Å²) in [4.78, 5) is 14.8. The Morgan fingerprint density at radius 3 is 2.56 bits per heavy atom. The van der Waals surface area contributed by atoms with Gasteiger partial charge >= 0.3 is 6.18 Å². The number of carbonyl (C=O) groups is 1. The van der Waals surface area contributed by atoms with Crippen molar-refractivity contribution in [2.75, 3.05) is 13.6 Å². The molecule has 7 heteroatoms. The second-order valence-corrected chi connectivity index (χ2v) is 3.83. The van der Waals surface area contributed by atoms with E-state index < -0.39 is 17.8 Å². The van der Waals surface area contributed by atoms with E-state index in [1.165, 1.54) is 0 Å². The number of alkyl halides is 3. The highest BCUT2D eigenvalue weighted by atomic mass is 19.4. The van der Waals surface area contributed by atoms with Crippen LogP contribution in [-0.4, -0.2) is 30.5 Å². The van der Waals surface area contributed by atoms with Crippen LogP contribution in [0.3, 0.4) is 0 Å². The molecular formula is C11H14F3N3O. The van der Waals surface area contributed by atoms with Gasteiger partial charge in [-0.15, -0.1) is 0 Å². The third kappa shape index (κ3) is 3.99. The largest absolute Gasteiger partial charge is 0.433 e. The molecule has 100 valence electrons. The van der Waals surface area contributed by atoms with Gasteiger partial charge in [0, 0.05) is 18.8 Å². The van der Waals surface area contributed by atoms with Gasteiger partial charge in [0.1, 0.15) is 5.69 Å². The van der Waals surface area contributed by atoms with E-state index in [1.807, 2.05) is 6.92 Å². The first-order valence-corrected chi connectivity index (χ1v) is 5.33. The maximum atomic E-state index is 12.2. The monoisotopic (exact) mass is 261 g/mol. The summed E-state index contributed by atoms with van der Waals surface area (Å²) < 4.78 is 36.7. The van der Waals surface area contributed by atoms with Gasteiger partial charge < -0.3 is 10.6 Å². The molecule has 0 saturated carbocycles. The van der Waals surface area contributed by atoms with Crippen molar-refractivity contribution < 1.29 is 18.0 Å². The molecule has 0 aliphatic carbocycles. The molecule has 1 amide bonds. The lowest BCUT2D eigenvalue weighted by atomic mass is 10.2. The zero-order chi connectivity index (χ0) is 13.8. The van der Waals surface area contributed by atoms with Gasteiger partial charge in [-0.05, 0) is 26.1 Å². The van der Waals surface area contributed by atoms with E-state index in [4.69, 9.17) is 0 Å². The molecule has 1 aromatic heterocycles. The molecule has 0 spiro atoms. The molecule has 0 bridgehead atoms. The van der Waals surface area contributed by atoms with Crippen LogP contribution in [0.4, 0.5) is 13.2 Å². The topological polar surface area (TPSA) is 54.0 Å². The molecular weight excluding hydrogens is 247 g/mol. The number of rotatable bonds is 4. The van der Waals surface area contributed by atoms with Crippen molar-refractivity contribution in [1.29, 1.82) is 0 Å². The molecule has 0 aliphatic heterocycles. The Bertz CT molecular complexity index is 403. The quantitative estimate of drug-likeness (QED) is 0.862. The summed E-state index contributed by atoms with van der Waals surface area (Å²) in [7, 11) is 1.75. The Labute approximate surface area is 103 Å². The van der Waals surface area contributed by atoms with Gasteiger partial charge in [-0.2, -0.15) is 13.2 Å². The molecule has 1 rings (SSSR count). The van der Waals surface area contributed by atoms with Gasteiger partial charge in [-0.25, -0.2) is 0 Å². The van der Waals surface area contributed by atoms with Gasteiger partial charge in [0.15, 0.2) is 0 Å². The van der Waals surface area contributed by atoms with E-state index in [-0.39, 0.29) is 11.6 Å². The van der Waals surface area contributed by atoms with Gasteiger partial charge in [0.2, 0.25) is 0 Å². The highest BCUT2D eigenvalue weighted by molar-refractivity contribution is 5.93. The van der Waals surface area contributed by atoms with E-state index >= 15 is 0 Å². The lowest BCUT2D eigenvalue weighted by Crippen LogP contribution is -2.37. The zero-order valence-electron chi connectivity index (χ0n) is 10.0. The number of amides is 1. The minimum atomic E-state index is -4.49. The minimum absolute atomic E-state index is 0.0800. The fourth-order valence-electron chi connectivity index (χ4n) is 1.15. The minimum Gasteiger partial charge on any atom is -0.350 e. The summed E-state index contributed by atoms with van der Waals surface area (Å²) in [5.74, 6) is -0.446. The fourth-order valence-corrected chi connectivity index (χ4v) is 1.15. The third-order valence-electron chi connectivity index (χ3n) is 2.38. The second-order valence-electron chi connectivity index (χ2n) is 3.83. The van der Waals surface area contributed by atoms with Crippen LogP contribution in [0.1, 0.15) is 23.0 Å². The number of hydrogen-bond donors (Lipinski definition) is 2. The Balaban J connectivity index is 2.65. The molecule has 18 heavy (non-hydrogen) atoms. The summed E-state index contributed by atoms with van der Waals surface area (Å²) in [6, 6.07) is 1.97. The van der Waals surface area contributed by atoms with Gasteiger partial charge in [0.25, 0.3) is 5.91 Å². The number of nitrogens with one attached hydrogen (secondary N) is 2. The van der Waals surface area contributed by atoms with Crippen molar-refractivity contribution in [3.8, 4) is 0 Å². The lowest BCUT2D eigenvalue weighted by molar-refractivity contribution is -0.141. The van der Waals surface area contributed by atoms with Crippen molar-refractivity contribution in [1.82, 2.24) is 15.6 Å². The first kappa shape index (κ1) is 14.4. The maximum absolute atomic E-state index is 12.2. The second kappa shape index (κ2) is 5.81. The molecule has 1 aromatic rings. The number of nitrogens with zero attached hydrogens (tertiary/aromatic N) is 1. The molecule has 0 aromatic carbocycles. The van der Waals surface area contributed by atoms with Crippen molar-refractivity contribution >= 4 is 5.91 Å². The van der Waals surface area contributed by atoms with Crippen molar-refractivity contribution in [3.63, 3.8) is 0 Å². The Hall–Kier alpha value is -1.63. The summed E-state index contributed by atoms with van der Waals surface area (Å²) in [6.07, 6.45) is -3.57. The molecule has 1 atom stereocenters. The average Bonchev–Trinajstić information content (AvgIpc) is 2.34. The van der Waals surface area contributed by atoms with Crippen molar-refractivity contribution in [2.45, 2.75) is 19.1 Å². The standard InChI is InChI=1S/C11H14F3N3O/c1-7(15-2)5-17-10(18)8-3-4-9(16-6-8)11(12,13)14/h3-4,6-7,15H,5H2,1-2H3,(H,17,18). The van der Waals surface area contributed by atoms with Crippen LogP contribution in [-0.2, 0) is 6.18 Å². The molecule has 2 N–H and O–H groups in total. The maximum Gasteiger partial charge on any atom is 0.433 e. The average molecular weight is 261 g/mol. The summed E-state index contributed by atoms with van der Waals surface area (Å²) >= 11 is 0. The number of pyridine rings is 1. The zero-order valence-corrected chi connectivity index (χ0v) is 10.0.